The van der Waals surface area contributed by atoms with Crippen LogP contribution in [-0.4, -0.2) is 53.2 Å². The third kappa shape index (κ3) is 3.62. The lowest BCUT2D eigenvalue weighted by atomic mass is 10.3. The Balaban J connectivity index is 2.01. The van der Waals surface area contributed by atoms with E-state index in [9.17, 15) is 18.0 Å². The average Bonchev–Trinajstić information content (AvgIpc) is 3.26. The summed E-state index contributed by atoms with van der Waals surface area (Å²) in [5.41, 5.74) is 12.4. The van der Waals surface area contributed by atoms with Crippen LogP contribution in [0.25, 0.3) is 5.69 Å². The molecule has 0 unspecified atom stereocenters. The van der Waals surface area contributed by atoms with E-state index < -0.39 is 21.9 Å². The summed E-state index contributed by atoms with van der Waals surface area (Å²) < 4.78 is 29.5. The highest BCUT2D eigenvalue weighted by Crippen LogP contribution is 2.27. The van der Waals surface area contributed by atoms with E-state index in [4.69, 9.17) is 16.6 Å². The number of esters is 1. The number of methoxy groups -OCH3 is 1. The van der Waals surface area contributed by atoms with Gasteiger partial charge in [0.15, 0.2) is 0 Å². The Labute approximate surface area is 175 Å². The number of thioether (sulfide) groups is 1. The van der Waals surface area contributed by atoms with Crippen LogP contribution in [0.2, 0.25) is 0 Å². The second-order valence-corrected chi connectivity index (χ2v) is 8.23. The van der Waals surface area contributed by atoms with E-state index in [1.807, 2.05) is 0 Å². The van der Waals surface area contributed by atoms with E-state index in [2.05, 4.69) is 14.9 Å². The van der Waals surface area contributed by atoms with E-state index in [1.54, 1.807) is 6.26 Å². The van der Waals surface area contributed by atoms with Crippen LogP contribution in [0.1, 0.15) is 20.7 Å². The normalized spacial score (nSPS) is 11.4. The van der Waals surface area contributed by atoms with Gasteiger partial charge in [-0.25, -0.2) is 23.0 Å². The highest BCUT2D eigenvalue weighted by molar-refractivity contribution is 7.98. The minimum absolute atomic E-state index is 0.0243. The fraction of sp³-hybridized carbons (Fsp3) is 0.125. The third-order valence-corrected chi connectivity index (χ3v) is 5.71. The van der Waals surface area contributed by atoms with Gasteiger partial charge in [-0.2, -0.15) is 14.9 Å². The lowest BCUT2D eigenvalue weighted by Crippen LogP contribution is -2.18. The first-order chi connectivity index (χ1) is 14.1. The van der Waals surface area contributed by atoms with Gasteiger partial charge in [-0.05, 0) is 30.5 Å². The van der Waals surface area contributed by atoms with E-state index >= 15 is 0 Å². The van der Waals surface area contributed by atoms with E-state index in [-0.39, 0.29) is 32.7 Å². The minimum Gasteiger partial charge on any atom is -0.465 e. The van der Waals surface area contributed by atoms with Crippen molar-refractivity contribution >= 4 is 45.3 Å². The fourth-order valence-electron chi connectivity index (χ4n) is 2.62. The Morgan fingerprint density at radius 1 is 1.13 bits per heavy atom. The summed E-state index contributed by atoms with van der Waals surface area (Å²) in [4.78, 5) is 24.8. The fourth-order valence-corrected chi connectivity index (χ4v) is 3.69. The maximum atomic E-state index is 12.9. The van der Waals surface area contributed by atoms with Crippen molar-refractivity contribution in [3.8, 4) is 5.69 Å². The molecule has 3 rings (SSSR count). The van der Waals surface area contributed by atoms with Crippen molar-refractivity contribution in [2.24, 2.45) is 5.14 Å². The number of carbonyl (C=O) groups excluding carboxylic acids is 2. The first-order valence-electron chi connectivity index (χ1n) is 8.12. The quantitative estimate of drug-likeness (QED) is 0.353. The molecule has 2 aromatic heterocycles. The van der Waals surface area contributed by atoms with Gasteiger partial charge in [0.05, 0.1) is 23.9 Å². The lowest BCUT2D eigenvalue weighted by Gasteiger charge is -2.06. The van der Waals surface area contributed by atoms with Crippen molar-refractivity contribution in [2.75, 3.05) is 24.8 Å². The Kier molecular flexibility index (Phi) is 5.56. The molecule has 0 atom stereocenters. The number of anilines is 2. The molecule has 1 aromatic carbocycles. The molecule has 6 N–H and O–H groups in total. The molecule has 0 aliphatic carbocycles. The molecule has 0 bridgehead atoms. The summed E-state index contributed by atoms with van der Waals surface area (Å²) in [6, 6.07) is 5.43. The number of carbonyl (C=O) groups is 2. The van der Waals surface area contributed by atoms with Gasteiger partial charge in [0.25, 0.3) is 5.91 Å². The van der Waals surface area contributed by atoms with Crippen LogP contribution in [-0.2, 0) is 14.8 Å². The molecular weight excluding hydrogens is 434 g/mol. The maximum absolute atomic E-state index is 12.9. The lowest BCUT2D eigenvalue weighted by molar-refractivity contribution is 0.0598. The zero-order valence-electron chi connectivity index (χ0n) is 15.8. The molecule has 2 heterocycles. The Bertz CT molecular complexity index is 1250. The van der Waals surface area contributed by atoms with Crippen molar-refractivity contribution < 1.29 is 22.7 Å². The summed E-state index contributed by atoms with van der Waals surface area (Å²) in [5, 5.41) is 13.4. The van der Waals surface area contributed by atoms with Crippen LogP contribution >= 0.6 is 11.8 Å². The van der Waals surface area contributed by atoms with Crippen molar-refractivity contribution in [1.82, 2.24) is 19.6 Å². The van der Waals surface area contributed by atoms with Crippen molar-refractivity contribution in [2.45, 2.75) is 9.92 Å². The summed E-state index contributed by atoms with van der Waals surface area (Å²) >= 11 is 1.12. The molecule has 0 aliphatic rings. The van der Waals surface area contributed by atoms with Crippen LogP contribution in [0, 0.1) is 0 Å². The second-order valence-electron chi connectivity index (χ2n) is 5.87. The molecule has 0 aliphatic heterocycles. The molecule has 0 amide bonds. The zero-order chi connectivity index (χ0) is 22.2. The number of nitrogens with two attached hydrogens (primary N) is 3. The number of rotatable bonds is 5. The predicted molar refractivity (Wildman–Crippen MR) is 109 cm³/mol. The van der Waals surface area contributed by atoms with Crippen LogP contribution in [0.3, 0.4) is 0 Å². The number of aromatic nitrogens is 4. The van der Waals surface area contributed by atoms with Gasteiger partial charge in [-0.15, -0.1) is 11.8 Å². The largest absolute Gasteiger partial charge is 0.465 e. The topological polar surface area (TPSA) is 191 Å². The molecule has 12 nitrogen and oxygen atoms in total. The van der Waals surface area contributed by atoms with Crippen LogP contribution in [0.4, 0.5) is 11.6 Å². The molecule has 0 radical (unpaired) electrons. The number of benzene rings is 1. The standard InChI is InChI=1S/C16H17N7O5S2/c1-28-16(25)11-13(18)23(21-14(11)29-2)15(24)10-7-20-22(12(10)17)8-3-5-9(6-4-8)30(19,26)27/h3-7H,17-18H2,1-2H3,(H2,19,26,27). The molecular formula is C16H17N7O5S2. The number of hydrogen-bond acceptors (Lipinski definition) is 10. The first-order valence-corrected chi connectivity index (χ1v) is 10.9. The van der Waals surface area contributed by atoms with Crippen molar-refractivity contribution in [3.05, 3.63) is 41.6 Å². The number of ether oxygens (including phenoxy) is 1. The summed E-state index contributed by atoms with van der Waals surface area (Å²) in [6.45, 7) is 0. The van der Waals surface area contributed by atoms with Gasteiger partial charge in [0, 0.05) is 0 Å². The SMILES string of the molecule is COC(=O)c1c(SC)nn(C(=O)c2cnn(-c3ccc(S(N)(=O)=O)cc3)c2N)c1N. The van der Waals surface area contributed by atoms with Gasteiger partial charge < -0.3 is 16.2 Å². The van der Waals surface area contributed by atoms with Crippen molar-refractivity contribution in [1.29, 1.82) is 0 Å². The van der Waals surface area contributed by atoms with Crippen LogP contribution < -0.4 is 16.6 Å². The molecule has 0 saturated carbocycles. The van der Waals surface area contributed by atoms with Crippen LogP contribution in [0.5, 0.6) is 0 Å². The van der Waals surface area contributed by atoms with Gasteiger partial charge in [-0.1, -0.05) is 0 Å². The first kappa shape index (κ1) is 21.4. The predicted octanol–water partition coefficient (Wildman–Crippen LogP) is 0.0776. The smallest absolute Gasteiger partial charge is 0.344 e. The molecule has 0 fully saturated rings. The highest BCUT2D eigenvalue weighted by atomic mass is 32.2. The summed E-state index contributed by atoms with van der Waals surface area (Å²) in [6.07, 6.45) is 2.88. The van der Waals surface area contributed by atoms with Crippen molar-refractivity contribution in [3.63, 3.8) is 0 Å². The van der Waals surface area contributed by atoms with E-state index in [0.29, 0.717) is 5.69 Å². The van der Waals surface area contributed by atoms with Gasteiger partial charge in [0.1, 0.15) is 27.8 Å². The number of hydrogen-bond donors (Lipinski definition) is 3. The number of sulfonamides is 1. The zero-order valence-corrected chi connectivity index (χ0v) is 17.4. The number of nitrogen functional groups attached to an aromatic ring is 2. The molecule has 3 aromatic rings. The van der Waals surface area contributed by atoms with Gasteiger partial charge in [0.2, 0.25) is 10.0 Å². The minimum atomic E-state index is -3.85. The Morgan fingerprint density at radius 2 is 1.77 bits per heavy atom. The molecule has 158 valence electrons. The third-order valence-electron chi connectivity index (χ3n) is 4.11. The van der Waals surface area contributed by atoms with E-state index in [0.717, 1.165) is 16.4 Å². The number of nitrogens with zero attached hydrogens (tertiary/aromatic N) is 4. The molecule has 0 spiro atoms. The average molecular weight is 451 g/mol. The molecule has 30 heavy (non-hydrogen) atoms. The Morgan fingerprint density at radius 3 is 2.30 bits per heavy atom. The van der Waals surface area contributed by atoms with Gasteiger partial charge in [-0.3, -0.25) is 4.79 Å². The van der Waals surface area contributed by atoms with Crippen LogP contribution in [0.15, 0.2) is 40.4 Å². The summed E-state index contributed by atoms with van der Waals surface area (Å²) in [7, 11) is -2.67. The number of primary sulfonamides is 1. The van der Waals surface area contributed by atoms with Gasteiger partial charge >= 0.3 is 5.97 Å². The molecule has 14 heteroatoms. The second kappa shape index (κ2) is 7.81. The van der Waals surface area contributed by atoms with E-state index in [1.165, 1.54) is 42.3 Å². The maximum Gasteiger partial charge on any atom is 0.344 e. The summed E-state index contributed by atoms with van der Waals surface area (Å²) in [5.74, 6) is -1.66. The monoisotopic (exact) mass is 451 g/mol. The highest BCUT2D eigenvalue weighted by Gasteiger charge is 2.28. The Hall–Kier alpha value is -3.36. The molecule has 0 saturated heterocycles.